The first-order valence-electron chi connectivity index (χ1n) is 5.69. The lowest BCUT2D eigenvalue weighted by Crippen LogP contribution is -2.44. The minimum atomic E-state index is -0.0425. The van der Waals surface area contributed by atoms with Crippen LogP contribution in [0.2, 0.25) is 0 Å². The summed E-state index contributed by atoms with van der Waals surface area (Å²) in [5.41, 5.74) is 0. The number of rotatable bonds is 1. The topological polar surface area (TPSA) is 23.5 Å². The molecule has 1 aliphatic heterocycles. The van der Waals surface area contributed by atoms with E-state index in [4.69, 9.17) is 0 Å². The lowest BCUT2D eigenvalue weighted by atomic mass is 9.91. The van der Waals surface area contributed by atoms with Gasteiger partial charge in [0.2, 0.25) is 0 Å². The largest absolute Gasteiger partial charge is 0.391 e. The highest BCUT2D eigenvalue weighted by Gasteiger charge is 2.32. The van der Waals surface area contributed by atoms with Gasteiger partial charge in [-0.05, 0) is 31.7 Å². The molecule has 2 fully saturated rings. The highest BCUT2D eigenvalue weighted by Crippen LogP contribution is 2.27. The first kappa shape index (κ1) is 9.47. The maximum absolute atomic E-state index is 9.87. The van der Waals surface area contributed by atoms with Crippen LogP contribution in [-0.2, 0) is 0 Å². The molecular weight excluding hydrogens is 162 g/mol. The van der Waals surface area contributed by atoms with E-state index in [2.05, 4.69) is 11.8 Å². The van der Waals surface area contributed by atoms with Crippen molar-refractivity contribution in [3.63, 3.8) is 0 Å². The van der Waals surface area contributed by atoms with Crippen LogP contribution < -0.4 is 0 Å². The molecule has 76 valence electrons. The van der Waals surface area contributed by atoms with Crippen LogP contribution in [-0.4, -0.2) is 35.2 Å². The molecule has 2 aliphatic rings. The average Bonchev–Trinajstić information content (AvgIpc) is 2.53. The molecule has 1 N–H and O–H groups in total. The second-order valence-electron chi connectivity index (χ2n) is 4.81. The SMILES string of the molecule is C[C@@H]1CCN(C2CCCC[C@@H]2O)C1. The van der Waals surface area contributed by atoms with Gasteiger partial charge in [-0.3, -0.25) is 4.90 Å². The Morgan fingerprint density at radius 1 is 1.15 bits per heavy atom. The Morgan fingerprint density at radius 2 is 1.92 bits per heavy atom. The van der Waals surface area contributed by atoms with Gasteiger partial charge in [-0.1, -0.05) is 19.8 Å². The molecule has 0 spiro atoms. The Balaban J connectivity index is 1.91. The van der Waals surface area contributed by atoms with Crippen molar-refractivity contribution in [2.24, 2.45) is 5.92 Å². The zero-order valence-electron chi connectivity index (χ0n) is 8.58. The van der Waals surface area contributed by atoms with Gasteiger partial charge in [0.1, 0.15) is 0 Å². The molecule has 2 rings (SSSR count). The minimum absolute atomic E-state index is 0.0425. The molecular formula is C11H21NO. The summed E-state index contributed by atoms with van der Waals surface area (Å²) >= 11 is 0. The first-order chi connectivity index (χ1) is 6.27. The number of aliphatic hydroxyl groups excluding tert-OH is 1. The summed E-state index contributed by atoms with van der Waals surface area (Å²) in [4.78, 5) is 2.51. The number of likely N-dealkylation sites (tertiary alicyclic amines) is 1. The highest BCUT2D eigenvalue weighted by molar-refractivity contribution is 4.86. The van der Waals surface area contributed by atoms with E-state index in [1.54, 1.807) is 0 Å². The van der Waals surface area contributed by atoms with E-state index in [0.717, 1.165) is 12.3 Å². The molecule has 0 aromatic carbocycles. The van der Waals surface area contributed by atoms with Crippen molar-refractivity contribution >= 4 is 0 Å². The van der Waals surface area contributed by atoms with Gasteiger partial charge in [-0.25, -0.2) is 0 Å². The lowest BCUT2D eigenvalue weighted by Gasteiger charge is -2.35. The van der Waals surface area contributed by atoms with Gasteiger partial charge < -0.3 is 5.11 Å². The fourth-order valence-electron chi connectivity index (χ4n) is 2.79. The monoisotopic (exact) mass is 183 g/mol. The molecule has 1 saturated heterocycles. The third-order valence-corrected chi connectivity index (χ3v) is 3.62. The summed E-state index contributed by atoms with van der Waals surface area (Å²) in [6, 6.07) is 0.485. The first-order valence-corrected chi connectivity index (χ1v) is 5.69. The lowest BCUT2D eigenvalue weighted by molar-refractivity contribution is 0.0297. The van der Waals surface area contributed by atoms with Crippen molar-refractivity contribution in [3.05, 3.63) is 0 Å². The van der Waals surface area contributed by atoms with Gasteiger partial charge in [0.25, 0.3) is 0 Å². The second-order valence-corrected chi connectivity index (χ2v) is 4.81. The van der Waals surface area contributed by atoms with Crippen LogP contribution in [0, 0.1) is 5.92 Å². The zero-order chi connectivity index (χ0) is 9.26. The summed E-state index contributed by atoms with van der Waals surface area (Å²) in [5, 5.41) is 9.87. The van der Waals surface area contributed by atoms with Crippen molar-refractivity contribution in [2.75, 3.05) is 13.1 Å². The molecule has 2 heteroatoms. The summed E-state index contributed by atoms with van der Waals surface area (Å²) in [6.07, 6.45) is 6.05. The number of hydrogen-bond acceptors (Lipinski definition) is 2. The molecule has 0 aromatic heterocycles. The van der Waals surface area contributed by atoms with E-state index >= 15 is 0 Å². The van der Waals surface area contributed by atoms with Crippen molar-refractivity contribution < 1.29 is 5.11 Å². The Morgan fingerprint density at radius 3 is 2.54 bits per heavy atom. The Kier molecular flexibility index (Phi) is 2.89. The van der Waals surface area contributed by atoms with Crippen LogP contribution in [0.1, 0.15) is 39.0 Å². The average molecular weight is 183 g/mol. The van der Waals surface area contributed by atoms with Gasteiger partial charge >= 0.3 is 0 Å². The number of aliphatic hydroxyl groups is 1. The van der Waals surface area contributed by atoms with E-state index in [1.165, 1.54) is 38.8 Å². The quantitative estimate of drug-likeness (QED) is 0.668. The summed E-state index contributed by atoms with van der Waals surface area (Å²) in [7, 11) is 0. The van der Waals surface area contributed by atoms with Crippen molar-refractivity contribution in [1.29, 1.82) is 0 Å². The minimum Gasteiger partial charge on any atom is -0.391 e. The summed E-state index contributed by atoms with van der Waals surface area (Å²) in [5.74, 6) is 0.842. The van der Waals surface area contributed by atoms with Crippen molar-refractivity contribution in [2.45, 2.75) is 51.2 Å². The second kappa shape index (κ2) is 3.97. The molecule has 0 aromatic rings. The highest BCUT2D eigenvalue weighted by atomic mass is 16.3. The Bertz CT molecular complexity index is 171. The Labute approximate surface area is 80.9 Å². The molecule has 0 radical (unpaired) electrons. The Hall–Kier alpha value is -0.0800. The molecule has 2 nitrogen and oxygen atoms in total. The van der Waals surface area contributed by atoms with E-state index < -0.39 is 0 Å². The van der Waals surface area contributed by atoms with Crippen LogP contribution in [0.25, 0.3) is 0 Å². The molecule has 0 amide bonds. The third kappa shape index (κ3) is 2.05. The van der Waals surface area contributed by atoms with Crippen LogP contribution >= 0.6 is 0 Å². The predicted octanol–water partition coefficient (Wildman–Crippen LogP) is 1.63. The molecule has 1 saturated carbocycles. The van der Waals surface area contributed by atoms with E-state index in [-0.39, 0.29) is 6.10 Å². The van der Waals surface area contributed by atoms with Crippen molar-refractivity contribution in [3.8, 4) is 0 Å². The molecule has 13 heavy (non-hydrogen) atoms. The third-order valence-electron chi connectivity index (χ3n) is 3.62. The molecule has 1 aliphatic carbocycles. The molecule has 1 unspecified atom stereocenters. The van der Waals surface area contributed by atoms with Gasteiger partial charge in [0, 0.05) is 12.6 Å². The fourth-order valence-corrected chi connectivity index (χ4v) is 2.79. The van der Waals surface area contributed by atoms with Crippen LogP contribution in [0.3, 0.4) is 0 Å². The maximum Gasteiger partial charge on any atom is 0.0695 e. The normalized spacial score (nSPS) is 42.5. The number of nitrogens with zero attached hydrogens (tertiary/aromatic N) is 1. The van der Waals surface area contributed by atoms with E-state index in [9.17, 15) is 5.11 Å². The van der Waals surface area contributed by atoms with Gasteiger partial charge in [-0.2, -0.15) is 0 Å². The molecule has 1 heterocycles. The van der Waals surface area contributed by atoms with E-state index in [1.807, 2.05) is 0 Å². The summed E-state index contributed by atoms with van der Waals surface area (Å²) in [6.45, 7) is 4.74. The van der Waals surface area contributed by atoms with Gasteiger partial charge in [0.15, 0.2) is 0 Å². The number of hydrogen-bond donors (Lipinski definition) is 1. The standard InChI is InChI=1S/C11H21NO/c1-9-6-7-12(8-9)10-4-2-3-5-11(10)13/h9-11,13H,2-8H2,1H3/t9-,10?,11+/m1/s1. The fraction of sp³-hybridized carbons (Fsp3) is 1.00. The van der Waals surface area contributed by atoms with Crippen molar-refractivity contribution in [1.82, 2.24) is 4.90 Å². The van der Waals surface area contributed by atoms with Crippen LogP contribution in [0.4, 0.5) is 0 Å². The summed E-state index contributed by atoms with van der Waals surface area (Å²) < 4.78 is 0. The molecule has 0 bridgehead atoms. The van der Waals surface area contributed by atoms with Crippen LogP contribution in [0.5, 0.6) is 0 Å². The molecule has 3 atom stereocenters. The maximum atomic E-state index is 9.87. The van der Waals surface area contributed by atoms with E-state index in [0.29, 0.717) is 6.04 Å². The smallest absolute Gasteiger partial charge is 0.0695 e. The van der Waals surface area contributed by atoms with Gasteiger partial charge in [-0.15, -0.1) is 0 Å². The predicted molar refractivity (Wildman–Crippen MR) is 53.6 cm³/mol. The zero-order valence-corrected chi connectivity index (χ0v) is 8.58. The van der Waals surface area contributed by atoms with Gasteiger partial charge in [0.05, 0.1) is 6.10 Å². The van der Waals surface area contributed by atoms with Crippen LogP contribution in [0.15, 0.2) is 0 Å².